The zero-order valence-corrected chi connectivity index (χ0v) is 11.9. The molecule has 2 aromatic heterocycles. The van der Waals surface area contributed by atoms with Crippen LogP contribution in [0.15, 0.2) is 48.7 Å². The molecule has 0 bridgehead atoms. The van der Waals surface area contributed by atoms with E-state index >= 15 is 0 Å². The number of nitrogens with zero attached hydrogens (tertiary/aromatic N) is 2. The molecule has 0 fully saturated rings. The van der Waals surface area contributed by atoms with Gasteiger partial charge in [-0.3, -0.25) is 0 Å². The molecule has 3 rings (SSSR count). The zero-order valence-electron chi connectivity index (χ0n) is 11.9. The summed E-state index contributed by atoms with van der Waals surface area (Å²) in [7, 11) is 0. The Morgan fingerprint density at radius 1 is 1.20 bits per heavy atom. The summed E-state index contributed by atoms with van der Waals surface area (Å²) in [6.45, 7) is 4.12. The quantitative estimate of drug-likeness (QED) is 0.790. The number of hydrogen-bond acceptors (Lipinski definition) is 2. The van der Waals surface area contributed by atoms with Crippen LogP contribution in [0.25, 0.3) is 5.65 Å². The average Bonchev–Trinajstić information content (AvgIpc) is 2.76. The third-order valence-corrected chi connectivity index (χ3v) is 3.53. The molecule has 0 amide bonds. The summed E-state index contributed by atoms with van der Waals surface area (Å²) in [6.07, 6.45) is 2.85. The number of nitrogens with two attached hydrogens (primary N) is 1. The normalized spacial score (nSPS) is 12.8. The predicted octanol–water partition coefficient (Wildman–Crippen LogP) is 3.25. The minimum atomic E-state index is -0.0350. The Bertz CT molecular complexity index is 741. The maximum Gasteiger partial charge on any atom is 0.137 e. The summed E-state index contributed by atoms with van der Waals surface area (Å²) >= 11 is 0. The molecule has 2 heterocycles. The van der Waals surface area contributed by atoms with Crippen molar-refractivity contribution in [2.24, 2.45) is 5.73 Å². The van der Waals surface area contributed by atoms with E-state index in [-0.39, 0.29) is 6.04 Å². The van der Waals surface area contributed by atoms with Gasteiger partial charge in [0.15, 0.2) is 0 Å². The molecule has 20 heavy (non-hydrogen) atoms. The van der Waals surface area contributed by atoms with E-state index in [4.69, 9.17) is 10.7 Å². The van der Waals surface area contributed by atoms with Crippen LogP contribution in [-0.4, -0.2) is 9.38 Å². The fourth-order valence-corrected chi connectivity index (χ4v) is 2.69. The van der Waals surface area contributed by atoms with Crippen molar-refractivity contribution in [1.82, 2.24) is 9.38 Å². The number of hydrogen-bond donors (Lipinski definition) is 1. The van der Waals surface area contributed by atoms with E-state index in [1.165, 1.54) is 11.1 Å². The Balaban J connectivity index is 2.09. The van der Waals surface area contributed by atoms with Gasteiger partial charge in [0.05, 0.1) is 11.4 Å². The van der Waals surface area contributed by atoms with Gasteiger partial charge in [-0.25, -0.2) is 4.98 Å². The van der Waals surface area contributed by atoms with Gasteiger partial charge in [0.1, 0.15) is 5.65 Å². The van der Waals surface area contributed by atoms with Crippen molar-refractivity contribution < 1.29 is 0 Å². The number of aryl methyl sites for hydroxylation is 1. The fraction of sp³-hybridized carbons (Fsp3) is 0.235. The molecule has 0 radical (unpaired) electrons. The van der Waals surface area contributed by atoms with Gasteiger partial charge < -0.3 is 10.1 Å². The highest BCUT2D eigenvalue weighted by Gasteiger charge is 2.15. The van der Waals surface area contributed by atoms with Gasteiger partial charge in [0.25, 0.3) is 0 Å². The van der Waals surface area contributed by atoms with E-state index in [0.29, 0.717) is 0 Å². The highest BCUT2D eigenvalue weighted by atomic mass is 15.0. The standard InChI is InChI=1S/C17H19N3/c1-12-6-5-7-14(10-12)11-15-17(13(2)18)20-9-4-3-8-16(20)19-15/h3-10,13H,11,18H2,1-2H3. The first-order valence-electron chi connectivity index (χ1n) is 6.92. The van der Waals surface area contributed by atoms with Crippen LogP contribution in [0.4, 0.5) is 0 Å². The molecular weight excluding hydrogens is 246 g/mol. The van der Waals surface area contributed by atoms with Gasteiger partial charge in [-0.1, -0.05) is 35.9 Å². The van der Waals surface area contributed by atoms with Crippen molar-refractivity contribution in [3.8, 4) is 0 Å². The molecule has 3 nitrogen and oxygen atoms in total. The molecule has 0 aliphatic carbocycles. The minimum Gasteiger partial charge on any atom is -0.323 e. The lowest BCUT2D eigenvalue weighted by Crippen LogP contribution is -2.11. The molecule has 3 heteroatoms. The van der Waals surface area contributed by atoms with Gasteiger partial charge in [-0.05, 0) is 31.5 Å². The second kappa shape index (κ2) is 5.10. The molecule has 0 aliphatic heterocycles. The van der Waals surface area contributed by atoms with Gasteiger partial charge in [-0.2, -0.15) is 0 Å². The third-order valence-electron chi connectivity index (χ3n) is 3.53. The summed E-state index contributed by atoms with van der Waals surface area (Å²) in [5.74, 6) is 0. The van der Waals surface area contributed by atoms with Gasteiger partial charge in [0.2, 0.25) is 0 Å². The monoisotopic (exact) mass is 265 g/mol. The lowest BCUT2D eigenvalue weighted by atomic mass is 10.0. The van der Waals surface area contributed by atoms with E-state index in [0.717, 1.165) is 23.5 Å². The Morgan fingerprint density at radius 2 is 2.05 bits per heavy atom. The molecule has 3 aromatic rings. The number of aromatic nitrogens is 2. The molecule has 1 unspecified atom stereocenters. The van der Waals surface area contributed by atoms with Crippen LogP contribution in [0.2, 0.25) is 0 Å². The van der Waals surface area contributed by atoms with Crippen molar-refractivity contribution in [3.05, 3.63) is 71.2 Å². The first-order chi connectivity index (χ1) is 9.65. The maximum absolute atomic E-state index is 6.15. The van der Waals surface area contributed by atoms with Crippen molar-refractivity contribution in [2.45, 2.75) is 26.3 Å². The molecule has 0 saturated heterocycles. The molecular formula is C17H19N3. The zero-order chi connectivity index (χ0) is 14.1. The Kier molecular flexibility index (Phi) is 3.28. The number of pyridine rings is 1. The lowest BCUT2D eigenvalue weighted by Gasteiger charge is -2.09. The lowest BCUT2D eigenvalue weighted by molar-refractivity contribution is 0.755. The Labute approximate surface area is 119 Å². The predicted molar refractivity (Wildman–Crippen MR) is 81.8 cm³/mol. The summed E-state index contributed by atoms with van der Waals surface area (Å²) in [5.41, 5.74) is 11.8. The van der Waals surface area contributed by atoms with E-state index < -0.39 is 0 Å². The minimum absolute atomic E-state index is 0.0350. The smallest absolute Gasteiger partial charge is 0.137 e. The number of imidazole rings is 1. The van der Waals surface area contributed by atoms with Crippen molar-refractivity contribution in [1.29, 1.82) is 0 Å². The number of fused-ring (bicyclic) bond motifs is 1. The summed E-state index contributed by atoms with van der Waals surface area (Å²) in [6, 6.07) is 14.5. The number of benzene rings is 1. The fourth-order valence-electron chi connectivity index (χ4n) is 2.69. The first-order valence-corrected chi connectivity index (χ1v) is 6.92. The van der Waals surface area contributed by atoms with Crippen molar-refractivity contribution >= 4 is 5.65 Å². The molecule has 2 N–H and O–H groups in total. The molecule has 102 valence electrons. The summed E-state index contributed by atoms with van der Waals surface area (Å²) < 4.78 is 2.09. The summed E-state index contributed by atoms with van der Waals surface area (Å²) in [5, 5.41) is 0. The Morgan fingerprint density at radius 3 is 2.80 bits per heavy atom. The number of rotatable bonds is 3. The van der Waals surface area contributed by atoms with E-state index in [1.54, 1.807) is 0 Å². The molecule has 0 aliphatic rings. The largest absolute Gasteiger partial charge is 0.323 e. The van der Waals surface area contributed by atoms with Crippen LogP contribution in [0.5, 0.6) is 0 Å². The van der Waals surface area contributed by atoms with Crippen LogP contribution in [0.1, 0.15) is 35.5 Å². The Hall–Kier alpha value is -2.13. The molecule has 0 saturated carbocycles. The second-order valence-electron chi connectivity index (χ2n) is 5.33. The van der Waals surface area contributed by atoms with Crippen molar-refractivity contribution in [3.63, 3.8) is 0 Å². The molecule has 1 atom stereocenters. The maximum atomic E-state index is 6.15. The van der Waals surface area contributed by atoms with Crippen LogP contribution in [0.3, 0.4) is 0 Å². The van der Waals surface area contributed by atoms with Crippen LogP contribution < -0.4 is 5.73 Å². The van der Waals surface area contributed by atoms with Crippen molar-refractivity contribution in [2.75, 3.05) is 0 Å². The summed E-state index contributed by atoms with van der Waals surface area (Å²) in [4.78, 5) is 4.74. The van der Waals surface area contributed by atoms with E-state index in [1.807, 2.05) is 31.3 Å². The van der Waals surface area contributed by atoms with Crippen LogP contribution in [-0.2, 0) is 6.42 Å². The molecule has 1 aromatic carbocycles. The highest BCUT2D eigenvalue weighted by molar-refractivity contribution is 5.45. The third kappa shape index (κ3) is 2.32. The second-order valence-corrected chi connectivity index (χ2v) is 5.33. The van der Waals surface area contributed by atoms with Gasteiger partial charge >= 0.3 is 0 Å². The highest BCUT2D eigenvalue weighted by Crippen LogP contribution is 2.21. The van der Waals surface area contributed by atoms with Crippen LogP contribution in [0, 0.1) is 6.92 Å². The van der Waals surface area contributed by atoms with E-state index in [9.17, 15) is 0 Å². The van der Waals surface area contributed by atoms with E-state index in [2.05, 4.69) is 35.6 Å². The van der Waals surface area contributed by atoms with Crippen LogP contribution >= 0.6 is 0 Å². The average molecular weight is 265 g/mol. The molecule has 0 spiro atoms. The topological polar surface area (TPSA) is 43.3 Å². The van der Waals surface area contributed by atoms with Gasteiger partial charge in [-0.15, -0.1) is 0 Å². The first kappa shape index (κ1) is 12.9. The SMILES string of the molecule is Cc1cccc(Cc2nc3ccccn3c2C(C)N)c1. The van der Waals surface area contributed by atoms with Gasteiger partial charge in [0, 0.05) is 18.7 Å².